The van der Waals surface area contributed by atoms with Crippen molar-refractivity contribution in [2.24, 2.45) is 0 Å². The van der Waals surface area contributed by atoms with E-state index >= 15 is 0 Å². The Labute approximate surface area is 254 Å². The molecule has 1 unspecified atom stereocenters. The maximum atomic E-state index is 13.9. The van der Waals surface area contributed by atoms with E-state index in [-0.39, 0.29) is 34.1 Å². The summed E-state index contributed by atoms with van der Waals surface area (Å²) in [6.07, 6.45) is 3.18. The lowest BCUT2D eigenvalue weighted by molar-refractivity contribution is 0.0175. The third-order valence-corrected chi connectivity index (χ3v) is 8.07. The van der Waals surface area contributed by atoms with Crippen LogP contribution >= 0.6 is 0 Å². The number of piperidine rings is 2. The second kappa shape index (κ2) is 13.3. The molecule has 2 aromatic carbocycles. The summed E-state index contributed by atoms with van der Waals surface area (Å²) in [5.41, 5.74) is 0.564. The minimum Gasteiger partial charge on any atom is -0.461 e. The Morgan fingerprint density at radius 2 is 1.70 bits per heavy atom. The average Bonchev–Trinajstić information content (AvgIpc) is 3.32. The number of nitrogens with zero attached hydrogens (tertiary/aromatic N) is 4. The van der Waals surface area contributed by atoms with Crippen LogP contribution in [0.15, 0.2) is 48.5 Å². The number of rotatable bonds is 8. The van der Waals surface area contributed by atoms with Crippen molar-refractivity contribution < 1.29 is 32.2 Å². The van der Waals surface area contributed by atoms with Gasteiger partial charge < -0.3 is 24.6 Å². The number of hydrogen-bond donors (Lipinski definition) is 1. The van der Waals surface area contributed by atoms with Crippen LogP contribution in [0.4, 0.5) is 23.7 Å². The summed E-state index contributed by atoms with van der Waals surface area (Å²) in [6, 6.07) is 12.1. The standard InChI is InChI=1S/C32H38F3N5O4/c1-21-28(29(41)36-24-9-7-8-23(20-24)32(3,34)35)30(40(37-21)26-10-12-27(13-11-26)43-22(2)33)44-31(42)39-18-14-25(15-19-39)38-16-5-4-6-17-38/h7-13,20,22,25H,4-6,14-19H2,1-3H3,(H,36,41). The van der Waals surface area contributed by atoms with Gasteiger partial charge >= 0.3 is 6.09 Å². The highest BCUT2D eigenvalue weighted by atomic mass is 19.3. The SMILES string of the molecule is Cc1nn(-c2ccc(OC(C)F)cc2)c(OC(=O)N2CCC(N3CCCCC3)CC2)c1C(=O)Nc1cccc(C(C)(F)F)c1. The summed E-state index contributed by atoms with van der Waals surface area (Å²) in [5.74, 6) is -3.61. The molecule has 2 saturated heterocycles. The Balaban J connectivity index is 1.40. The van der Waals surface area contributed by atoms with Crippen molar-refractivity contribution in [3.05, 3.63) is 65.4 Å². The summed E-state index contributed by atoms with van der Waals surface area (Å²) in [5, 5.41) is 7.13. The van der Waals surface area contributed by atoms with Gasteiger partial charge in [-0.3, -0.25) is 4.79 Å². The fourth-order valence-electron chi connectivity index (χ4n) is 5.80. The molecule has 1 atom stereocenters. The summed E-state index contributed by atoms with van der Waals surface area (Å²) < 4.78 is 53.5. The van der Waals surface area contributed by atoms with Crippen molar-refractivity contribution in [2.45, 2.75) is 71.2 Å². The molecule has 5 rings (SSSR count). The highest BCUT2D eigenvalue weighted by Crippen LogP contribution is 2.32. The second-order valence-electron chi connectivity index (χ2n) is 11.4. The molecule has 12 heteroatoms. The van der Waals surface area contributed by atoms with Crippen LogP contribution in [0, 0.1) is 6.92 Å². The van der Waals surface area contributed by atoms with Crippen molar-refractivity contribution in [1.82, 2.24) is 19.6 Å². The molecule has 9 nitrogen and oxygen atoms in total. The van der Waals surface area contributed by atoms with Gasteiger partial charge in [0.05, 0.1) is 11.4 Å². The molecule has 2 aliphatic heterocycles. The lowest BCUT2D eigenvalue weighted by Gasteiger charge is -2.39. The molecular weight excluding hydrogens is 575 g/mol. The van der Waals surface area contributed by atoms with E-state index in [1.54, 1.807) is 24.0 Å². The minimum atomic E-state index is -3.10. The maximum Gasteiger partial charge on any atom is 0.416 e. The topological polar surface area (TPSA) is 88.9 Å². The second-order valence-corrected chi connectivity index (χ2v) is 11.4. The summed E-state index contributed by atoms with van der Waals surface area (Å²) >= 11 is 0. The molecule has 1 N–H and O–H groups in total. The monoisotopic (exact) mass is 613 g/mol. The average molecular weight is 614 g/mol. The van der Waals surface area contributed by atoms with Gasteiger partial charge in [0.1, 0.15) is 11.3 Å². The van der Waals surface area contributed by atoms with Gasteiger partial charge in [0.2, 0.25) is 12.2 Å². The first-order valence-electron chi connectivity index (χ1n) is 15.0. The van der Waals surface area contributed by atoms with Crippen LogP contribution in [-0.4, -0.2) is 70.2 Å². The molecule has 2 amide bonds. The summed E-state index contributed by atoms with van der Waals surface area (Å²) in [7, 11) is 0. The predicted molar refractivity (Wildman–Crippen MR) is 160 cm³/mol. The molecule has 3 heterocycles. The van der Waals surface area contributed by atoms with E-state index in [2.05, 4.69) is 15.3 Å². The predicted octanol–water partition coefficient (Wildman–Crippen LogP) is 6.69. The quantitative estimate of drug-likeness (QED) is 0.305. The summed E-state index contributed by atoms with van der Waals surface area (Å²) in [6.45, 7) is 6.82. The Morgan fingerprint density at radius 3 is 2.34 bits per heavy atom. The van der Waals surface area contributed by atoms with Crippen LogP contribution in [0.5, 0.6) is 11.6 Å². The largest absolute Gasteiger partial charge is 0.461 e. The summed E-state index contributed by atoms with van der Waals surface area (Å²) in [4.78, 5) is 31.2. The van der Waals surface area contributed by atoms with Crippen LogP contribution in [0.25, 0.3) is 5.69 Å². The normalized spacial score (nSPS) is 17.3. The molecule has 0 bridgehead atoms. The number of aromatic nitrogens is 2. The van der Waals surface area contributed by atoms with E-state index in [0.717, 1.165) is 32.9 Å². The van der Waals surface area contributed by atoms with Crippen molar-refractivity contribution in [2.75, 3.05) is 31.5 Å². The molecule has 1 aromatic heterocycles. The maximum absolute atomic E-state index is 13.9. The smallest absolute Gasteiger partial charge is 0.416 e. The van der Waals surface area contributed by atoms with E-state index < -0.39 is 24.3 Å². The van der Waals surface area contributed by atoms with E-state index in [4.69, 9.17) is 9.47 Å². The van der Waals surface area contributed by atoms with Gasteiger partial charge in [-0.05, 0) is 82.1 Å². The molecule has 236 valence electrons. The zero-order valence-electron chi connectivity index (χ0n) is 25.2. The Hall–Kier alpha value is -4.06. The fourth-order valence-corrected chi connectivity index (χ4v) is 5.80. The van der Waals surface area contributed by atoms with Crippen LogP contribution in [0.2, 0.25) is 0 Å². The van der Waals surface area contributed by atoms with Crippen molar-refractivity contribution in [3.8, 4) is 17.3 Å². The number of hydrogen-bond acceptors (Lipinski definition) is 6. The Kier molecular flexibility index (Phi) is 9.48. The number of ether oxygens (including phenoxy) is 2. The van der Waals surface area contributed by atoms with Gasteiger partial charge in [0, 0.05) is 44.2 Å². The first kappa shape index (κ1) is 31.4. The molecule has 0 radical (unpaired) electrons. The minimum absolute atomic E-state index is 0.0204. The van der Waals surface area contributed by atoms with Gasteiger partial charge in [0.25, 0.3) is 11.8 Å². The lowest BCUT2D eigenvalue weighted by Crippen LogP contribution is -2.48. The third kappa shape index (κ3) is 7.35. The Morgan fingerprint density at radius 1 is 1.02 bits per heavy atom. The first-order chi connectivity index (χ1) is 21.0. The van der Waals surface area contributed by atoms with Crippen molar-refractivity contribution in [3.63, 3.8) is 0 Å². The zero-order chi connectivity index (χ0) is 31.4. The highest BCUT2D eigenvalue weighted by Gasteiger charge is 2.32. The fraction of sp³-hybridized carbons (Fsp3) is 0.469. The third-order valence-electron chi connectivity index (χ3n) is 8.07. The van der Waals surface area contributed by atoms with Gasteiger partial charge in [-0.15, -0.1) is 0 Å². The number of alkyl halides is 3. The van der Waals surface area contributed by atoms with E-state index in [0.29, 0.717) is 24.8 Å². The number of amides is 2. The van der Waals surface area contributed by atoms with Crippen molar-refractivity contribution >= 4 is 17.7 Å². The molecule has 2 fully saturated rings. The molecule has 44 heavy (non-hydrogen) atoms. The van der Waals surface area contributed by atoms with Crippen LogP contribution in [0.3, 0.4) is 0 Å². The van der Waals surface area contributed by atoms with Gasteiger partial charge in [-0.2, -0.15) is 9.78 Å². The molecule has 3 aromatic rings. The Bertz CT molecular complexity index is 1460. The number of benzene rings is 2. The van der Waals surface area contributed by atoms with E-state index in [9.17, 15) is 22.8 Å². The van der Waals surface area contributed by atoms with Gasteiger partial charge in [-0.1, -0.05) is 18.6 Å². The number of aryl methyl sites for hydroxylation is 1. The number of carbonyl (C=O) groups is 2. The highest BCUT2D eigenvalue weighted by molar-refractivity contribution is 6.07. The van der Waals surface area contributed by atoms with Crippen molar-refractivity contribution in [1.29, 1.82) is 0 Å². The number of anilines is 1. The molecular formula is C32H38F3N5O4. The van der Waals surface area contributed by atoms with E-state index in [1.807, 2.05) is 0 Å². The van der Waals surface area contributed by atoms with E-state index in [1.165, 1.54) is 67.3 Å². The van der Waals surface area contributed by atoms with Gasteiger partial charge in [-0.25, -0.2) is 18.0 Å². The molecule has 2 aliphatic rings. The van der Waals surface area contributed by atoms with Crippen LogP contribution in [0.1, 0.15) is 67.6 Å². The first-order valence-corrected chi connectivity index (χ1v) is 15.0. The zero-order valence-corrected chi connectivity index (χ0v) is 25.2. The number of halogens is 3. The number of carbonyl (C=O) groups excluding carboxylic acids is 2. The van der Waals surface area contributed by atoms with Crippen LogP contribution in [-0.2, 0) is 5.92 Å². The molecule has 0 aliphatic carbocycles. The van der Waals surface area contributed by atoms with Gasteiger partial charge in [0.15, 0.2) is 0 Å². The van der Waals surface area contributed by atoms with Crippen LogP contribution < -0.4 is 14.8 Å². The lowest BCUT2D eigenvalue weighted by atomic mass is 10.0. The molecule has 0 spiro atoms. The molecule has 0 saturated carbocycles. The number of nitrogens with one attached hydrogen (secondary N) is 1. The number of likely N-dealkylation sites (tertiary alicyclic amines) is 2.